The smallest absolute Gasteiger partial charge is 0.261 e. The van der Waals surface area contributed by atoms with Gasteiger partial charge in [-0.05, 0) is 38.1 Å². The second-order valence-corrected chi connectivity index (χ2v) is 7.20. The van der Waals surface area contributed by atoms with Crippen molar-refractivity contribution in [2.45, 2.75) is 20.4 Å². The highest BCUT2D eigenvalue weighted by molar-refractivity contribution is 7.22. The number of ether oxygens (including phenoxy) is 1. The van der Waals surface area contributed by atoms with Crippen molar-refractivity contribution < 1.29 is 9.53 Å². The fourth-order valence-electron chi connectivity index (χ4n) is 3.02. The molecule has 28 heavy (non-hydrogen) atoms. The molecule has 0 aliphatic rings. The van der Waals surface area contributed by atoms with E-state index in [9.17, 15) is 9.59 Å². The Labute approximate surface area is 164 Å². The van der Waals surface area contributed by atoms with E-state index in [4.69, 9.17) is 4.74 Å². The van der Waals surface area contributed by atoms with Crippen molar-refractivity contribution in [3.63, 3.8) is 0 Å². The van der Waals surface area contributed by atoms with Crippen molar-refractivity contribution in [3.8, 4) is 5.75 Å². The van der Waals surface area contributed by atoms with Gasteiger partial charge in [-0.3, -0.25) is 14.2 Å². The first-order valence-electron chi connectivity index (χ1n) is 8.85. The predicted molar refractivity (Wildman–Crippen MR) is 110 cm³/mol. The molecule has 4 rings (SSSR count). The number of anilines is 1. The molecule has 2 heterocycles. The lowest BCUT2D eigenvalue weighted by molar-refractivity contribution is -0.116. The average molecular weight is 394 g/mol. The molecule has 4 aromatic rings. The van der Waals surface area contributed by atoms with Crippen molar-refractivity contribution in [1.29, 1.82) is 0 Å². The summed E-state index contributed by atoms with van der Waals surface area (Å²) in [7, 11) is 0. The molecule has 0 saturated heterocycles. The van der Waals surface area contributed by atoms with Gasteiger partial charge in [-0.1, -0.05) is 29.5 Å². The SMILES string of the molecule is CCOc1cccc2sc(NC(=O)Cn3c(C)nc4ccccc4c3=O)nc12. The molecule has 0 bridgehead atoms. The highest BCUT2D eigenvalue weighted by atomic mass is 32.1. The third-order valence-corrected chi connectivity index (χ3v) is 5.22. The number of carbonyl (C=O) groups excluding carboxylic acids is 1. The minimum absolute atomic E-state index is 0.128. The number of rotatable bonds is 5. The zero-order valence-electron chi connectivity index (χ0n) is 15.4. The van der Waals surface area contributed by atoms with Crippen LogP contribution < -0.4 is 15.6 Å². The van der Waals surface area contributed by atoms with Gasteiger partial charge in [0.25, 0.3) is 5.56 Å². The minimum atomic E-state index is -0.334. The Morgan fingerprint density at radius 2 is 2.00 bits per heavy atom. The van der Waals surface area contributed by atoms with Crippen molar-refractivity contribution in [2.24, 2.45) is 0 Å². The molecular formula is C20H18N4O3S. The van der Waals surface area contributed by atoms with Gasteiger partial charge in [-0.2, -0.15) is 0 Å². The van der Waals surface area contributed by atoms with Gasteiger partial charge in [0, 0.05) is 0 Å². The number of nitrogens with one attached hydrogen (secondary N) is 1. The fourth-order valence-corrected chi connectivity index (χ4v) is 3.92. The molecule has 1 amide bonds. The summed E-state index contributed by atoms with van der Waals surface area (Å²) in [6.07, 6.45) is 0. The molecule has 2 aromatic carbocycles. The zero-order valence-corrected chi connectivity index (χ0v) is 16.2. The third-order valence-electron chi connectivity index (χ3n) is 4.28. The Balaban J connectivity index is 1.60. The Hall–Kier alpha value is -3.26. The number of benzene rings is 2. The maximum atomic E-state index is 12.7. The quantitative estimate of drug-likeness (QED) is 0.561. The number of nitrogens with zero attached hydrogens (tertiary/aromatic N) is 3. The number of para-hydroxylation sites is 2. The van der Waals surface area contributed by atoms with E-state index in [-0.39, 0.29) is 18.0 Å². The van der Waals surface area contributed by atoms with Crippen LogP contribution in [0.5, 0.6) is 5.75 Å². The van der Waals surface area contributed by atoms with Crippen LogP contribution in [0.15, 0.2) is 47.3 Å². The lowest BCUT2D eigenvalue weighted by Gasteiger charge is -2.10. The molecule has 0 unspecified atom stereocenters. The Bertz CT molecular complexity index is 1250. The van der Waals surface area contributed by atoms with Crippen LogP contribution >= 0.6 is 11.3 Å². The summed E-state index contributed by atoms with van der Waals surface area (Å²) in [5.41, 5.74) is 1.10. The van der Waals surface area contributed by atoms with E-state index in [1.54, 1.807) is 25.1 Å². The standard InChI is InChI=1S/C20H18N4O3S/c1-3-27-15-9-6-10-16-18(15)23-20(28-16)22-17(25)11-24-12(2)21-14-8-5-4-7-13(14)19(24)26/h4-10H,3,11H2,1-2H3,(H,22,23,25). The maximum absolute atomic E-state index is 12.7. The summed E-state index contributed by atoms with van der Waals surface area (Å²) in [4.78, 5) is 34.1. The number of hydrogen-bond acceptors (Lipinski definition) is 6. The van der Waals surface area contributed by atoms with Crippen molar-refractivity contribution >= 4 is 43.5 Å². The van der Waals surface area contributed by atoms with Gasteiger partial charge in [-0.25, -0.2) is 9.97 Å². The van der Waals surface area contributed by atoms with E-state index < -0.39 is 0 Å². The van der Waals surface area contributed by atoms with Crippen molar-refractivity contribution in [1.82, 2.24) is 14.5 Å². The first kappa shape index (κ1) is 18.1. The van der Waals surface area contributed by atoms with Gasteiger partial charge < -0.3 is 10.1 Å². The van der Waals surface area contributed by atoms with Gasteiger partial charge in [0.05, 0.1) is 22.2 Å². The Morgan fingerprint density at radius 1 is 1.18 bits per heavy atom. The third kappa shape index (κ3) is 3.34. The molecule has 0 saturated carbocycles. The predicted octanol–water partition coefficient (Wildman–Crippen LogP) is 3.35. The number of fused-ring (bicyclic) bond motifs is 2. The van der Waals surface area contributed by atoms with Crippen LogP contribution in [0.4, 0.5) is 5.13 Å². The number of hydrogen-bond donors (Lipinski definition) is 1. The molecule has 0 spiro atoms. The molecule has 0 radical (unpaired) electrons. The summed E-state index contributed by atoms with van der Waals surface area (Å²) in [6.45, 7) is 4.03. The lowest BCUT2D eigenvalue weighted by Crippen LogP contribution is -2.30. The highest BCUT2D eigenvalue weighted by Crippen LogP contribution is 2.32. The van der Waals surface area contributed by atoms with Crippen LogP contribution in [-0.2, 0) is 11.3 Å². The highest BCUT2D eigenvalue weighted by Gasteiger charge is 2.14. The van der Waals surface area contributed by atoms with Crippen LogP contribution in [0.1, 0.15) is 12.7 Å². The largest absolute Gasteiger partial charge is 0.492 e. The summed E-state index contributed by atoms with van der Waals surface area (Å²) in [5.74, 6) is 0.837. The number of thiazole rings is 1. The number of aryl methyl sites for hydroxylation is 1. The molecule has 0 aliphatic carbocycles. The molecular weight excluding hydrogens is 376 g/mol. The van der Waals surface area contributed by atoms with Crippen LogP contribution in [0.3, 0.4) is 0 Å². The molecule has 8 heteroatoms. The number of amides is 1. The second kappa shape index (κ2) is 7.40. The normalized spacial score (nSPS) is 11.1. The molecule has 1 N–H and O–H groups in total. The van der Waals surface area contributed by atoms with Crippen molar-refractivity contribution in [2.75, 3.05) is 11.9 Å². The maximum Gasteiger partial charge on any atom is 0.261 e. The Morgan fingerprint density at radius 3 is 2.82 bits per heavy atom. The van der Waals surface area contributed by atoms with E-state index in [1.165, 1.54) is 15.9 Å². The topological polar surface area (TPSA) is 86.1 Å². The molecule has 0 aliphatic heterocycles. The van der Waals surface area contributed by atoms with E-state index >= 15 is 0 Å². The average Bonchev–Trinajstić information content (AvgIpc) is 3.09. The van der Waals surface area contributed by atoms with Crippen LogP contribution in [-0.4, -0.2) is 27.0 Å². The summed E-state index contributed by atoms with van der Waals surface area (Å²) < 4.78 is 7.87. The summed E-state index contributed by atoms with van der Waals surface area (Å²) in [6, 6.07) is 12.8. The number of aromatic nitrogens is 3. The molecule has 142 valence electrons. The lowest BCUT2D eigenvalue weighted by atomic mass is 10.2. The molecule has 7 nitrogen and oxygen atoms in total. The van der Waals surface area contributed by atoms with Crippen LogP contribution in [0.25, 0.3) is 21.1 Å². The van der Waals surface area contributed by atoms with E-state index in [0.29, 0.717) is 39.7 Å². The second-order valence-electron chi connectivity index (χ2n) is 6.17. The zero-order chi connectivity index (χ0) is 19.7. The van der Waals surface area contributed by atoms with Gasteiger partial charge in [0.15, 0.2) is 5.13 Å². The monoisotopic (exact) mass is 394 g/mol. The fraction of sp³-hybridized carbons (Fsp3) is 0.200. The van der Waals surface area contributed by atoms with E-state index in [0.717, 1.165) is 4.70 Å². The minimum Gasteiger partial charge on any atom is -0.492 e. The van der Waals surface area contributed by atoms with Gasteiger partial charge in [0.1, 0.15) is 23.6 Å². The van der Waals surface area contributed by atoms with Crippen LogP contribution in [0, 0.1) is 6.92 Å². The molecule has 0 fully saturated rings. The first-order valence-corrected chi connectivity index (χ1v) is 9.67. The van der Waals surface area contributed by atoms with Gasteiger partial charge >= 0.3 is 0 Å². The van der Waals surface area contributed by atoms with E-state index in [1.807, 2.05) is 31.2 Å². The Kier molecular flexibility index (Phi) is 4.79. The molecule has 2 aromatic heterocycles. The van der Waals surface area contributed by atoms with Gasteiger partial charge in [-0.15, -0.1) is 0 Å². The summed E-state index contributed by atoms with van der Waals surface area (Å²) >= 11 is 1.36. The van der Waals surface area contributed by atoms with Crippen molar-refractivity contribution in [3.05, 3.63) is 58.6 Å². The number of carbonyl (C=O) groups is 1. The van der Waals surface area contributed by atoms with Gasteiger partial charge in [0.2, 0.25) is 5.91 Å². The van der Waals surface area contributed by atoms with E-state index in [2.05, 4.69) is 15.3 Å². The summed E-state index contributed by atoms with van der Waals surface area (Å²) in [5, 5.41) is 3.73. The van der Waals surface area contributed by atoms with Crippen LogP contribution in [0.2, 0.25) is 0 Å². The first-order chi connectivity index (χ1) is 13.6. The molecule has 0 atom stereocenters.